The zero-order chi connectivity index (χ0) is 22.4. The lowest BCUT2D eigenvalue weighted by Crippen LogP contribution is -2.31. The Morgan fingerprint density at radius 1 is 1.29 bits per heavy atom. The number of aliphatic hydroxyl groups is 1. The van der Waals surface area contributed by atoms with E-state index >= 15 is 0 Å². The minimum Gasteiger partial charge on any atom is -0.495 e. The zero-order valence-electron chi connectivity index (χ0n) is 17.1. The number of carbonyl (C=O) groups is 1. The van der Waals surface area contributed by atoms with Crippen molar-refractivity contribution in [3.05, 3.63) is 69.8 Å². The molecule has 0 fully saturated rings. The number of benzene rings is 2. The van der Waals surface area contributed by atoms with Crippen LogP contribution in [0.25, 0.3) is 0 Å². The van der Waals surface area contributed by atoms with Gasteiger partial charge in [-0.25, -0.2) is 4.99 Å². The molecule has 0 aromatic heterocycles. The molecule has 0 saturated heterocycles. The van der Waals surface area contributed by atoms with Crippen LogP contribution < -0.4 is 10.1 Å². The van der Waals surface area contributed by atoms with Crippen LogP contribution in [0.3, 0.4) is 0 Å². The van der Waals surface area contributed by atoms with Crippen LogP contribution in [0.4, 0.5) is 5.69 Å². The van der Waals surface area contributed by atoms with Crippen molar-refractivity contribution in [3.8, 4) is 11.8 Å². The number of rotatable bonds is 6. The van der Waals surface area contributed by atoms with E-state index < -0.39 is 11.8 Å². The zero-order valence-corrected chi connectivity index (χ0v) is 19.5. The fourth-order valence-electron chi connectivity index (χ4n) is 3.54. The molecule has 1 amide bonds. The molecule has 0 aliphatic carbocycles. The van der Waals surface area contributed by atoms with E-state index in [-0.39, 0.29) is 12.5 Å². The molecule has 6 nitrogen and oxygen atoms in total. The topological polar surface area (TPSA) is 94.7 Å². The molecular weight excluding hydrogens is 478 g/mol. The van der Waals surface area contributed by atoms with Gasteiger partial charge in [0.1, 0.15) is 11.7 Å². The number of anilines is 1. The van der Waals surface area contributed by atoms with Crippen molar-refractivity contribution in [1.82, 2.24) is 0 Å². The summed E-state index contributed by atoms with van der Waals surface area (Å²) in [5, 5.41) is 22.8. The van der Waals surface area contributed by atoms with Crippen LogP contribution in [0, 0.1) is 17.2 Å². The first kappa shape index (κ1) is 23.1. The molecule has 1 aliphatic rings. The Morgan fingerprint density at radius 3 is 2.68 bits per heavy atom. The summed E-state index contributed by atoms with van der Waals surface area (Å²) in [5.74, 6) is -0.540. The predicted octanol–water partition coefficient (Wildman–Crippen LogP) is 4.73. The summed E-state index contributed by atoms with van der Waals surface area (Å²) in [6, 6.07) is 17.1. The number of methoxy groups -OCH3 is 1. The van der Waals surface area contributed by atoms with Gasteiger partial charge in [0, 0.05) is 27.4 Å². The summed E-state index contributed by atoms with van der Waals surface area (Å²) in [4.78, 5) is 18.0. The van der Waals surface area contributed by atoms with Gasteiger partial charge in [0.2, 0.25) is 0 Å². The number of hydrogen-bond donors (Lipinski definition) is 2. The standard InChI is InChI=1S/C23H22BrN3O3S/c1-14-20(22(29)27-18-9-5-6-10-19(18)30-2)21(15-7-3-4-8-17(15)24)16(13-25)23(26-14)31-12-11-28/h3-10,16,21,28H,11-12H2,1-2H3,(H,27,29). The summed E-state index contributed by atoms with van der Waals surface area (Å²) >= 11 is 4.92. The average Bonchev–Trinajstić information content (AvgIpc) is 2.77. The molecule has 2 aromatic rings. The van der Waals surface area contributed by atoms with E-state index in [1.54, 1.807) is 26.2 Å². The number of aliphatic imine (C=N–C) groups is 1. The van der Waals surface area contributed by atoms with Gasteiger partial charge in [0.05, 0.1) is 30.5 Å². The van der Waals surface area contributed by atoms with Crippen molar-refractivity contribution in [2.75, 3.05) is 24.8 Å². The number of aliphatic hydroxyl groups excluding tert-OH is 1. The molecule has 2 unspecified atom stereocenters. The summed E-state index contributed by atoms with van der Waals surface area (Å²) in [6.07, 6.45) is 0. The number of nitrogens with zero attached hydrogens (tertiary/aromatic N) is 2. The molecule has 160 valence electrons. The van der Waals surface area contributed by atoms with Gasteiger partial charge in [0.25, 0.3) is 5.91 Å². The Balaban J connectivity index is 2.10. The maximum absolute atomic E-state index is 13.5. The van der Waals surface area contributed by atoms with Crippen LogP contribution in [0.2, 0.25) is 0 Å². The summed E-state index contributed by atoms with van der Waals surface area (Å²) in [7, 11) is 1.54. The number of thioether (sulfide) groups is 1. The van der Waals surface area contributed by atoms with E-state index in [0.717, 1.165) is 10.0 Å². The second-order valence-electron chi connectivity index (χ2n) is 6.78. The van der Waals surface area contributed by atoms with Crippen LogP contribution >= 0.6 is 27.7 Å². The maximum atomic E-state index is 13.5. The fourth-order valence-corrected chi connectivity index (χ4v) is 4.94. The number of ether oxygens (including phenoxy) is 1. The van der Waals surface area contributed by atoms with Gasteiger partial charge in [-0.2, -0.15) is 5.26 Å². The largest absolute Gasteiger partial charge is 0.495 e. The Bertz CT molecular complexity index is 1080. The third kappa shape index (κ3) is 5.01. The SMILES string of the molecule is COc1ccccc1NC(=O)C1=C(C)N=C(SCCO)C(C#N)C1c1ccccc1Br. The van der Waals surface area contributed by atoms with E-state index in [9.17, 15) is 15.2 Å². The van der Waals surface area contributed by atoms with Crippen molar-refractivity contribution in [1.29, 1.82) is 5.26 Å². The molecule has 1 aliphatic heterocycles. The third-order valence-corrected chi connectivity index (χ3v) is 6.65. The van der Waals surface area contributed by atoms with Gasteiger partial charge in [-0.1, -0.05) is 46.3 Å². The Hall–Kier alpha value is -2.60. The number of carbonyl (C=O) groups excluding carboxylic acids is 1. The number of allylic oxidation sites excluding steroid dienone is 1. The first-order chi connectivity index (χ1) is 15.0. The molecule has 0 radical (unpaired) electrons. The van der Waals surface area contributed by atoms with Crippen LogP contribution in [0.15, 0.2) is 69.3 Å². The Labute approximate surface area is 194 Å². The number of nitrogens with one attached hydrogen (secondary N) is 1. The highest BCUT2D eigenvalue weighted by atomic mass is 79.9. The van der Waals surface area contributed by atoms with E-state index in [0.29, 0.717) is 33.5 Å². The monoisotopic (exact) mass is 499 g/mol. The second-order valence-corrected chi connectivity index (χ2v) is 8.75. The lowest BCUT2D eigenvalue weighted by atomic mass is 9.78. The van der Waals surface area contributed by atoms with Crippen LogP contribution in [-0.2, 0) is 4.79 Å². The molecule has 8 heteroatoms. The highest BCUT2D eigenvalue weighted by molar-refractivity contribution is 9.10. The molecule has 3 rings (SSSR count). The normalized spacial score (nSPS) is 18.2. The molecule has 1 heterocycles. The number of nitriles is 1. The number of halogens is 1. The second kappa shape index (κ2) is 10.6. The van der Waals surface area contributed by atoms with Gasteiger partial charge < -0.3 is 15.2 Å². The smallest absolute Gasteiger partial charge is 0.254 e. The molecule has 2 atom stereocenters. The van der Waals surface area contributed by atoms with Gasteiger partial charge in [-0.3, -0.25) is 4.79 Å². The van der Waals surface area contributed by atoms with Crippen molar-refractivity contribution in [2.45, 2.75) is 12.8 Å². The first-order valence-electron chi connectivity index (χ1n) is 9.63. The third-order valence-electron chi connectivity index (χ3n) is 4.90. The number of para-hydroxylation sites is 2. The molecule has 0 saturated carbocycles. The van der Waals surface area contributed by atoms with Gasteiger partial charge in [-0.15, -0.1) is 11.8 Å². The maximum Gasteiger partial charge on any atom is 0.254 e. The quantitative estimate of drug-likeness (QED) is 0.598. The molecule has 2 aromatic carbocycles. The van der Waals surface area contributed by atoms with Gasteiger partial charge in [-0.05, 0) is 30.7 Å². The Kier molecular flexibility index (Phi) is 7.91. The van der Waals surface area contributed by atoms with Crippen LogP contribution in [0.1, 0.15) is 18.4 Å². The lowest BCUT2D eigenvalue weighted by molar-refractivity contribution is -0.113. The summed E-state index contributed by atoms with van der Waals surface area (Å²) in [5.41, 5.74) is 2.34. The number of amides is 1. The Morgan fingerprint density at radius 2 is 2.00 bits per heavy atom. The van der Waals surface area contributed by atoms with Crippen LogP contribution in [-0.4, -0.2) is 35.5 Å². The van der Waals surface area contributed by atoms with E-state index in [1.807, 2.05) is 36.4 Å². The van der Waals surface area contributed by atoms with Crippen molar-refractivity contribution in [2.24, 2.45) is 10.9 Å². The lowest BCUT2D eigenvalue weighted by Gasteiger charge is -2.31. The molecule has 2 N–H and O–H groups in total. The molecule has 31 heavy (non-hydrogen) atoms. The van der Waals surface area contributed by atoms with Gasteiger partial charge >= 0.3 is 0 Å². The summed E-state index contributed by atoms with van der Waals surface area (Å²) < 4.78 is 6.16. The highest BCUT2D eigenvalue weighted by Gasteiger charge is 2.39. The average molecular weight is 500 g/mol. The van der Waals surface area contributed by atoms with Crippen molar-refractivity contribution in [3.63, 3.8) is 0 Å². The van der Waals surface area contributed by atoms with Gasteiger partial charge in [0.15, 0.2) is 0 Å². The van der Waals surface area contributed by atoms with Crippen molar-refractivity contribution >= 4 is 44.3 Å². The predicted molar refractivity (Wildman–Crippen MR) is 127 cm³/mol. The molecular formula is C23H22BrN3O3S. The highest BCUT2D eigenvalue weighted by Crippen LogP contribution is 2.43. The fraction of sp³-hybridized carbons (Fsp3) is 0.261. The van der Waals surface area contributed by atoms with Crippen LogP contribution in [0.5, 0.6) is 5.75 Å². The summed E-state index contributed by atoms with van der Waals surface area (Å²) in [6.45, 7) is 1.75. The van der Waals surface area contributed by atoms with E-state index in [4.69, 9.17) is 4.74 Å². The minimum absolute atomic E-state index is 0.0224. The van der Waals surface area contributed by atoms with Crippen molar-refractivity contribution < 1.29 is 14.6 Å². The van der Waals surface area contributed by atoms with E-state index in [1.165, 1.54) is 11.8 Å². The first-order valence-corrected chi connectivity index (χ1v) is 11.4. The minimum atomic E-state index is -0.655. The van der Waals surface area contributed by atoms with E-state index in [2.05, 4.69) is 32.3 Å². The molecule has 0 bridgehead atoms. The molecule has 0 spiro atoms. The number of hydrogen-bond acceptors (Lipinski definition) is 6.